The van der Waals surface area contributed by atoms with Gasteiger partial charge in [-0.15, -0.1) is 0 Å². The molecule has 3 amide bonds. The second-order valence-electron chi connectivity index (χ2n) is 6.53. The molecule has 1 aromatic heterocycles. The first kappa shape index (κ1) is 17.8. The average molecular weight is 350 g/mol. The molecule has 8 nitrogen and oxygen atoms in total. The molecule has 1 aromatic rings. The minimum absolute atomic E-state index is 0.0150. The number of urea groups is 1. The van der Waals surface area contributed by atoms with E-state index >= 15 is 0 Å². The molecule has 2 fully saturated rings. The van der Waals surface area contributed by atoms with Crippen molar-refractivity contribution in [2.75, 3.05) is 52.9 Å². The Labute approximate surface area is 147 Å². The number of nitrogens with zero attached hydrogens (tertiary/aromatic N) is 3. The van der Waals surface area contributed by atoms with Crippen molar-refractivity contribution >= 4 is 11.9 Å². The molecule has 0 unspecified atom stereocenters. The van der Waals surface area contributed by atoms with Crippen molar-refractivity contribution in [1.29, 1.82) is 0 Å². The van der Waals surface area contributed by atoms with Gasteiger partial charge in [-0.2, -0.15) is 0 Å². The Kier molecular flexibility index (Phi) is 5.93. The van der Waals surface area contributed by atoms with Gasteiger partial charge >= 0.3 is 6.03 Å². The largest absolute Gasteiger partial charge is 0.467 e. The van der Waals surface area contributed by atoms with Crippen LogP contribution in [0.3, 0.4) is 0 Å². The van der Waals surface area contributed by atoms with Crippen LogP contribution in [0.15, 0.2) is 22.8 Å². The summed E-state index contributed by atoms with van der Waals surface area (Å²) in [7, 11) is 2.07. The van der Waals surface area contributed by atoms with Crippen LogP contribution in [0.5, 0.6) is 0 Å². The summed E-state index contributed by atoms with van der Waals surface area (Å²) in [5.74, 6) is 0.682. The quantitative estimate of drug-likeness (QED) is 0.851. The first-order valence-electron chi connectivity index (χ1n) is 8.77. The van der Waals surface area contributed by atoms with Gasteiger partial charge in [0.2, 0.25) is 0 Å². The van der Waals surface area contributed by atoms with Crippen LogP contribution < -0.4 is 5.32 Å². The van der Waals surface area contributed by atoms with Crippen LogP contribution in [0.1, 0.15) is 12.2 Å². The number of furan rings is 1. The summed E-state index contributed by atoms with van der Waals surface area (Å²) in [6.07, 6.45) is 1.96. The predicted molar refractivity (Wildman–Crippen MR) is 91.0 cm³/mol. The third-order valence-electron chi connectivity index (χ3n) is 4.65. The number of carbonyl (C=O) groups is 2. The molecule has 1 atom stereocenters. The molecule has 2 saturated heterocycles. The van der Waals surface area contributed by atoms with Crippen LogP contribution in [0, 0.1) is 0 Å². The summed E-state index contributed by atoms with van der Waals surface area (Å²) < 4.78 is 10.9. The highest BCUT2D eigenvalue weighted by Gasteiger charge is 2.32. The van der Waals surface area contributed by atoms with E-state index in [1.807, 2.05) is 11.0 Å². The zero-order chi connectivity index (χ0) is 17.6. The molecule has 3 heterocycles. The molecule has 0 bridgehead atoms. The van der Waals surface area contributed by atoms with Gasteiger partial charge < -0.3 is 29.2 Å². The lowest BCUT2D eigenvalue weighted by atomic mass is 10.2. The smallest absolute Gasteiger partial charge is 0.317 e. The number of amides is 3. The van der Waals surface area contributed by atoms with E-state index < -0.39 is 6.10 Å². The highest BCUT2D eigenvalue weighted by Crippen LogP contribution is 2.11. The first-order valence-corrected chi connectivity index (χ1v) is 8.77. The molecule has 3 rings (SSSR count). The fourth-order valence-corrected chi connectivity index (χ4v) is 3.14. The molecular formula is C17H26N4O4. The van der Waals surface area contributed by atoms with Crippen molar-refractivity contribution in [2.45, 2.75) is 19.1 Å². The highest BCUT2D eigenvalue weighted by molar-refractivity contribution is 5.82. The number of hydrogen-bond donors (Lipinski definition) is 1. The third kappa shape index (κ3) is 4.73. The molecule has 0 aliphatic carbocycles. The second-order valence-corrected chi connectivity index (χ2v) is 6.53. The third-order valence-corrected chi connectivity index (χ3v) is 4.65. The Bertz CT molecular complexity index is 577. The molecule has 0 spiro atoms. The Balaban J connectivity index is 1.51. The highest BCUT2D eigenvalue weighted by atomic mass is 16.5. The number of hydrogen-bond acceptors (Lipinski definition) is 5. The van der Waals surface area contributed by atoms with Gasteiger partial charge in [0.05, 0.1) is 26.0 Å². The van der Waals surface area contributed by atoms with Crippen molar-refractivity contribution in [1.82, 2.24) is 20.0 Å². The maximum atomic E-state index is 12.7. The molecule has 2 aliphatic rings. The molecule has 25 heavy (non-hydrogen) atoms. The Morgan fingerprint density at radius 2 is 2.08 bits per heavy atom. The summed E-state index contributed by atoms with van der Waals surface area (Å²) in [5.41, 5.74) is 0. The van der Waals surface area contributed by atoms with Gasteiger partial charge in [-0.3, -0.25) is 4.79 Å². The summed E-state index contributed by atoms with van der Waals surface area (Å²) >= 11 is 0. The van der Waals surface area contributed by atoms with Crippen molar-refractivity contribution in [3.8, 4) is 0 Å². The summed E-state index contributed by atoms with van der Waals surface area (Å²) in [6.45, 7) is 4.79. The summed E-state index contributed by atoms with van der Waals surface area (Å²) in [6, 6.07) is 3.39. The molecule has 0 radical (unpaired) electrons. The van der Waals surface area contributed by atoms with Gasteiger partial charge in [-0.1, -0.05) is 0 Å². The van der Waals surface area contributed by atoms with Crippen molar-refractivity contribution in [3.63, 3.8) is 0 Å². The zero-order valence-corrected chi connectivity index (χ0v) is 14.6. The van der Waals surface area contributed by atoms with Crippen LogP contribution in [0.2, 0.25) is 0 Å². The Morgan fingerprint density at radius 3 is 2.88 bits per heavy atom. The number of likely N-dealkylation sites (N-methyl/N-ethyl adjacent to an activating group) is 1. The monoisotopic (exact) mass is 350 g/mol. The normalized spacial score (nSPS) is 22.5. The van der Waals surface area contributed by atoms with Crippen molar-refractivity contribution in [2.24, 2.45) is 0 Å². The summed E-state index contributed by atoms with van der Waals surface area (Å²) in [5, 5.41) is 2.82. The number of nitrogens with one attached hydrogen (secondary N) is 1. The lowest BCUT2D eigenvalue weighted by Crippen LogP contribution is -2.54. The van der Waals surface area contributed by atoms with E-state index in [0.29, 0.717) is 32.0 Å². The lowest BCUT2D eigenvalue weighted by molar-refractivity contribution is -0.147. The number of carbonyl (C=O) groups excluding carboxylic acids is 2. The summed E-state index contributed by atoms with van der Waals surface area (Å²) in [4.78, 5) is 30.8. The molecule has 0 aromatic carbocycles. The van der Waals surface area contributed by atoms with Crippen molar-refractivity contribution in [3.05, 3.63) is 24.2 Å². The topological polar surface area (TPSA) is 78.3 Å². The second kappa shape index (κ2) is 8.35. The fraction of sp³-hybridized carbons (Fsp3) is 0.647. The molecule has 8 heteroatoms. The molecule has 138 valence electrons. The van der Waals surface area contributed by atoms with E-state index in [0.717, 1.165) is 26.1 Å². The molecular weight excluding hydrogens is 324 g/mol. The number of rotatable bonds is 3. The van der Waals surface area contributed by atoms with Crippen LogP contribution in [-0.4, -0.2) is 85.7 Å². The first-order chi connectivity index (χ1) is 12.1. The van der Waals surface area contributed by atoms with Gasteiger partial charge in [0.25, 0.3) is 5.91 Å². The molecule has 2 aliphatic heterocycles. The van der Waals surface area contributed by atoms with Gasteiger partial charge in [0, 0.05) is 26.2 Å². The van der Waals surface area contributed by atoms with E-state index in [1.54, 1.807) is 17.2 Å². The van der Waals surface area contributed by atoms with Gasteiger partial charge in [-0.05, 0) is 32.1 Å². The van der Waals surface area contributed by atoms with Crippen LogP contribution in [0.25, 0.3) is 0 Å². The maximum absolute atomic E-state index is 12.7. The van der Waals surface area contributed by atoms with Crippen LogP contribution in [-0.2, 0) is 16.1 Å². The predicted octanol–water partition coefficient (Wildman–Crippen LogP) is 0.354. The van der Waals surface area contributed by atoms with Gasteiger partial charge in [-0.25, -0.2) is 4.79 Å². The zero-order valence-electron chi connectivity index (χ0n) is 14.6. The van der Waals surface area contributed by atoms with Crippen molar-refractivity contribution < 1.29 is 18.7 Å². The number of ether oxygens (including phenoxy) is 1. The lowest BCUT2D eigenvalue weighted by Gasteiger charge is -2.34. The fourth-order valence-electron chi connectivity index (χ4n) is 3.14. The van der Waals surface area contributed by atoms with E-state index in [4.69, 9.17) is 9.15 Å². The van der Waals surface area contributed by atoms with Gasteiger partial charge in [0.1, 0.15) is 5.76 Å². The van der Waals surface area contributed by atoms with E-state index in [-0.39, 0.29) is 18.5 Å². The van der Waals surface area contributed by atoms with E-state index in [2.05, 4.69) is 17.3 Å². The maximum Gasteiger partial charge on any atom is 0.317 e. The SMILES string of the molecule is CN1CCCN(C(=O)[C@H]2CN(C(=O)NCc3ccco3)CCO2)CC1. The van der Waals surface area contributed by atoms with Gasteiger partial charge in [0.15, 0.2) is 6.10 Å². The minimum Gasteiger partial charge on any atom is -0.467 e. The van der Waals surface area contributed by atoms with Crippen LogP contribution in [0.4, 0.5) is 4.79 Å². The molecule has 1 N–H and O–H groups in total. The van der Waals surface area contributed by atoms with Crippen LogP contribution >= 0.6 is 0 Å². The van der Waals surface area contributed by atoms with E-state index in [1.165, 1.54) is 0 Å². The van der Waals surface area contributed by atoms with E-state index in [9.17, 15) is 9.59 Å². The molecule has 0 saturated carbocycles. The Hall–Kier alpha value is -2.06. The minimum atomic E-state index is -0.577. The average Bonchev–Trinajstić information content (AvgIpc) is 3.06. The number of morpholine rings is 1. The Morgan fingerprint density at radius 1 is 1.20 bits per heavy atom. The standard InChI is InChI=1S/C17H26N4O4/c1-19-5-3-6-20(8-7-19)16(22)15-13-21(9-11-25-15)17(23)18-12-14-4-2-10-24-14/h2,4,10,15H,3,5-9,11-13H2,1H3,(H,18,23)/t15-/m1/s1.